The van der Waals surface area contributed by atoms with Crippen LogP contribution < -0.4 is 5.32 Å². The van der Waals surface area contributed by atoms with Crippen LogP contribution >= 0.6 is 0 Å². The zero-order valence-electron chi connectivity index (χ0n) is 6.19. The van der Waals surface area contributed by atoms with Crippen LogP contribution in [0.4, 0.5) is 0 Å². The summed E-state index contributed by atoms with van der Waals surface area (Å²) in [7, 11) is 0. The SMILES string of the molecule is O=[N+]([O-])C1=NC([N+](=O)[O-])=C([N+](=O)[O-])[N]1. The Morgan fingerprint density at radius 3 is 1.64 bits per heavy atom. The minimum Gasteiger partial charge on any atom is -0.389 e. The molecule has 14 heavy (non-hydrogen) atoms. The number of rotatable bonds is 2. The first-order valence-corrected chi connectivity index (χ1v) is 2.91. The van der Waals surface area contributed by atoms with E-state index in [1.54, 1.807) is 0 Å². The lowest BCUT2D eigenvalue weighted by atomic mass is 10.7. The molecular weight excluding hydrogens is 202 g/mol. The van der Waals surface area contributed by atoms with Gasteiger partial charge in [0.05, 0.1) is 10.3 Å². The number of nitrogens with zero attached hydrogens (tertiary/aromatic N) is 5. The van der Waals surface area contributed by atoms with Crippen molar-refractivity contribution in [2.45, 2.75) is 0 Å². The molecular formula is C3N5O6. The molecule has 1 aliphatic heterocycles. The summed E-state index contributed by atoms with van der Waals surface area (Å²) in [5, 5.41) is 33.1. The summed E-state index contributed by atoms with van der Waals surface area (Å²) in [5.41, 5.74) is 0. The van der Waals surface area contributed by atoms with E-state index >= 15 is 0 Å². The predicted molar refractivity (Wildman–Crippen MR) is 37.6 cm³/mol. The molecule has 0 aromatic rings. The Bertz CT molecular complexity index is 394. The summed E-state index contributed by atoms with van der Waals surface area (Å²) in [5.74, 6) is -3.63. The second kappa shape index (κ2) is 3.04. The van der Waals surface area contributed by atoms with Gasteiger partial charge in [-0.25, -0.2) is 0 Å². The molecule has 11 nitrogen and oxygen atoms in total. The molecule has 0 spiro atoms. The van der Waals surface area contributed by atoms with Gasteiger partial charge in [-0.3, -0.25) is 0 Å². The van der Waals surface area contributed by atoms with Crippen molar-refractivity contribution < 1.29 is 14.8 Å². The topological polar surface area (TPSA) is 156 Å². The molecule has 0 aromatic carbocycles. The highest BCUT2D eigenvalue weighted by atomic mass is 16.7. The number of aliphatic imine (C=N–C) groups is 1. The summed E-state index contributed by atoms with van der Waals surface area (Å²) in [6.07, 6.45) is 0. The first kappa shape index (κ1) is 9.50. The third-order valence-electron chi connectivity index (χ3n) is 1.12. The van der Waals surface area contributed by atoms with Crippen LogP contribution in [-0.4, -0.2) is 20.7 Å². The van der Waals surface area contributed by atoms with Crippen molar-refractivity contribution in [2.75, 3.05) is 0 Å². The van der Waals surface area contributed by atoms with Crippen LogP contribution in [0, 0.1) is 30.3 Å². The summed E-state index contributed by atoms with van der Waals surface area (Å²) in [6, 6.07) is 0. The molecule has 0 amide bonds. The molecule has 0 N–H and O–H groups in total. The van der Waals surface area contributed by atoms with E-state index in [1.807, 2.05) is 0 Å². The maximum atomic E-state index is 10.1. The molecule has 1 aliphatic rings. The molecule has 1 heterocycles. The predicted octanol–water partition coefficient (Wildman–Crippen LogP) is -1.08. The van der Waals surface area contributed by atoms with Gasteiger partial charge in [0.15, 0.2) is 0 Å². The summed E-state index contributed by atoms with van der Waals surface area (Å²) in [6.45, 7) is 0. The van der Waals surface area contributed by atoms with Crippen molar-refractivity contribution in [3.05, 3.63) is 42.0 Å². The molecule has 0 aromatic heterocycles. The van der Waals surface area contributed by atoms with E-state index in [0.29, 0.717) is 0 Å². The van der Waals surface area contributed by atoms with Gasteiger partial charge in [-0.2, -0.15) is 0 Å². The zero-order valence-corrected chi connectivity index (χ0v) is 6.19. The molecule has 11 heteroatoms. The van der Waals surface area contributed by atoms with Crippen molar-refractivity contribution in [1.29, 1.82) is 0 Å². The van der Waals surface area contributed by atoms with Gasteiger partial charge in [0, 0.05) is 0 Å². The van der Waals surface area contributed by atoms with Gasteiger partial charge >= 0.3 is 17.6 Å². The molecule has 0 saturated carbocycles. The number of guanidine groups is 1. The fourth-order valence-corrected chi connectivity index (χ4v) is 0.641. The lowest BCUT2D eigenvalue weighted by molar-refractivity contribution is -0.473. The van der Waals surface area contributed by atoms with Crippen LogP contribution in [0.3, 0.4) is 0 Å². The highest BCUT2D eigenvalue weighted by Gasteiger charge is 2.46. The van der Waals surface area contributed by atoms with Crippen molar-refractivity contribution in [3.63, 3.8) is 0 Å². The van der Waals surface area contributed by atoms with Gasteiger partial charge in [0.1, 0.15) is 0 Å². The van der Waals surface area contributed by atoms with E-state index in [-0.39, 0.29) is 0 Å². The smallest absolute Gasteiger partial charge is 0.389 e. The Morgan fingerprint density at radius 2 is 1.36 bits per heavy atom. The fraction of sp³-hybridized carbons (Fsp3) is 0. The van der Waals surface area contributed by atoms with Crippen LogP contribution in [-0.2, 0) is 0 Å². The van der Waals surface area contributed by atoms with Crippen molar-refractivity contribution in [2.24, 2.45) is 4.99 Å². The normalized spacial score (nSPS) is 14.7. The minimum absolute atomic E-state index is 1.15. The fourth-order valence-electron chi connectivity index (χ4n) is 0.641. The molecule has 0 fully saturated rings. The Morgan fingerprint density at radius 1 is 0.857 bits per heavy atom. The van der Waals surface area contributed by atoms with Crippen molar-refractivity contribution in [3.8, 4) is 0 Å². The number of nitro groups is 3. The lowest BCUT2D eigenvalue weighted by Gasteiger charge is -1.89. The third kappa shape index (κ3) is 1.45. The van der Waals surface area contributed by atoms with Crippen molar-refractivity contribution >= 4 is 5.96 Å². The van der Waals surface area contributed by atoms with Gasteiger partial charge in [-0.05, 0) is 14.8 Å². The Hall–Kier alpha value is -2.59. The van der Waals surface area contributed by atoms with Gasteiger partial charge in [-0.1, -0.05) is 0 Å². The van der Waals surface area contributed by atoms with Crippen molar-refractivity contribution in [1.82, 2.24) is 5.32 Å². The first-order valence-electron chi connectivity index (χ1n) is 2.91. The van der Waals surface area contributed by atoms with Gasteiger partial charge in [-0.15, -0.1) is 0 Å². The van der Waals surface area contributed by atoms with E-state index in [2.05, 4.69) is 10.3 Å². The molecule has 0 atom stereocenters. The maximum Gasteiger partial charge on any atom is 0.549 e. The van der Waals surface area contributed by atoms with E-state index in [9.17, 15) is 30.3 Å². The van der Waals surface area contributed by atoms with E-state index in [4.69, 9.17) is 0 Å². The van der Waals surface area contributed by atoms with Gasteiger partial charge in [0.2, 0.25) is 0 Å². The van der Waals surface area contributed by atoms with Gasteiger partial charge in [0.25, 0.3) is 0 Å². The zero-order chi connectivity index (χ0) is 10.9. The Kier molecular flexibility index (Phi) is 2.06. The van der Waals surface area contributed by atoms with E-state index in [0.717, 1.165) is 0 Å². The highest BCUT2D eigenvalue weighted by molar-refractivity contribution is 5.76. The quantitative estimate of drug-likeness (QED) is 0.409. The second-order valence-electron chi connectivity index (χ2n) is 1.94. The van der Waals surface area contributed by atoms with E-state index < -0.39 is 32.4 Å². The minimum atomic E-state index is -1.23. The average Bonchev–Trinajstić information content (AvgIpc) is 2.47. The molecule has 0 unspecified atom stereocenters. The molecule has 1 rings (SSSR count). The van der Waals surface area contributed by atoms with Crippen LogP contribution in [0.2, 0.25) is 0 Å². The molecule has 0 aliphatic carbocycles. The second-order valence-corrected chi connectivity index (χ2v) is 1.94. The maximum absolute atomic E-state index is 10.1. The van der Waals surface area contributed by atoms with Crippen LogP contribution in [0.5, 0.6) is 0 Å². The summed E-state index contributed by atoms with van der Waals surface area (Å²) in [4.78, 5) is 29.5. The third-order valence-corrected chi connectivity index (χ3v) is 1.12. The lowest BCUT2D eigenvalue weighted by Crippen LogP contribution is -2.23. The monoisotopic (exact) mass is 202 g/mol. The first-order chi connectivity index (χ1) is 6.43. The number of hydrogen-bond donors (Lipinski definition) is 0. The molecule has 0 saturated heterocycles. The van der Waals surface area contributed by atoms with E-state index in [1.165, 1.54) is 0 Å². The highest BCUT2D eigenvalue weighted by Crippen LogP contribution is 2.13. The largest absolute Gasteiger partial charge is 0.549 e. The molecule has 1 radical (unpaired) electrons. The Balaban J connectivity index is 3.10. The summed E-state index contributed by atoms with van der Waals surface area (Å²) >= 11 is 0. The van der Waals surface area contributed by atoms with Crippen LogP contribution in [0.15, 0.2) is 16.6 Å². The van der Waals surface area contributed by atoms with Crippen LogP contribution in [0.25, 0.3) is 0 Å². The van der Waals surface area contributed by atoms with Crippen LogP contribution in [0.1, 0.15) is 0 Å². The standard InChI is InChI=1S/C3N5O6/c9-6(10)1-2(7(11)12)5-3(4-1)8(13)14. The van der Waals surface area contributed by atoms with Gasteiger partial charge < -0.3 is 30.3 Å². The average molecular weight is 202 g/mol. The Labute approximate surface area is 74.2 Å². The molecule has 73 valence electrons. The molecule has 0 bridgehead atoms. The summed E-state index contributed by atoms with van der Waals surface area (Å²) < 4.78 is 0. The number of hydrogen-bond acceptors (Lipinski definition) is 7.